The van der Waals surface area contributed by atoms with Crippen molar-refractivity contribution in [2.75, 3.05) is 57.4 Å². The van der Waals surface area contributed by atoms with E-state index in [-0.39, 0.29) is 106 Å². The summed E-state index contributed by atoms with van der Waals surface area (Å²) in [6.45, 7) is 1.14. The van der Waals surface area contributed by atoms with Gasteiger partial charge in [0.15, 0.2) is 0 Å². The van der Waals surface area contributed by atoms with Crippen LogP contribution in [0.15, 0.2) is 18.2 Å². The van der Waals surface area contributed by atoms with Gasteiger partial charge in [0.2, 0.25) is 59.1 Å². The van der Waals surface area contributed by atoms with Gasteiger partial charge < -0.3 is 90.4 Å². The predicted octanol–water partition coefficient (Wildman–Crippen LogP) is -1.38. The first-order chi connectivity index (χ1) is 48.1. The summed E-state index contributed by atoms with van der Waals surface area (Å²) in [5.74, 6) is -9.65. The van der Waals surface area contributed by atoms with Crippen LogP contribution >= 0.6 is 23.5 Å². The van der Waals surface area contributed by atoms with Gasteiger partial charge in [-0.05, 0) is 183 Å². The number of rotatable bonds is 15. The van der Waals surface area contributed by atoms with E-state index < -0.39 is 157 Å². The molecular weight excluding hydrogens is 1340 g/mol. The van der Waals surface area contributed by atoms with Crippen molar-refractivity contribution in [3.63, 3.8) is 0 Å². The number of nitrogens with one attached hydrogen (secondary N) is 12. The zero-order valence-corrected chi connectivity index (χ0v) is 58.5. The van der Waals surface area contributed by atoms with Crippen LogP contribution in [-0.2, 0) is 64.2 Å². The van der Waals surface area contributed by atoms with Crippen LogP contribution in [0.2, 0.25) is 0 Å². The first-order valence-corrected chi connectivity index (χ1v) is 38.3. The van der Waals surface area contributed by atoms with Crippen molar-refractivity contribution in [1.82, 2.24) is 73.7 Å². The Bertz CT molecular complexity index is 3010. The van der Waals surface area contributed by atoms with Crippen LogP contribution in [0.25, 0.3) is 0 Å². The average Bonchev–Trinajstić information content (AvgIpc) is 1.64. The maximum Gasteiger partial charge on any atom is 0.305 e. The van der Waals surface area contributed by atoms with E-state index in [9.17, 15) is 43.8 Å². The minimum absolute atomic E-state index is 0.0215. The van der Waals surface area contributed by atoms with Crippen molar-refractivity contribution in [3.05, 3.63) is 29.6 Å². The number of pyridine rings is 1. The molecule has 2 bridgehead atoms. The molecule has 9 rings (SSSR count). The Labute approximate surface area is 590 Å². The third kappa shape index (κ3) is 22.8. The first-order valence-electron chi connectivity index (χ1n) is 35.9. The van der Waals surface area contributed by atoms with E-state index in [1.54, 1.807) is 0 Å². The van der Waals surface area contributed by atoms with Gasteiger partial charge in [-0.15, -0.1) is 0 Å². The number of aromatic nitrogens is 1. The zero-order chi connectivity index (χ0) is 71.4. The summed E-state index contributed by atoms with van der Waals surface area (Å²) in [6, 6.07) is -6.11. The molecule has 9 unspecified atom stereocenters. The molecule has 17 atom stereocenters. The minimum Gasteiger partial charge on any atom is -0.481 e. The van der Waals surface area contributed by atoms with E-state index in [1.165, 1.54) is 28.4 Å². The van der Waals surface area contributed by atoms with Gasteiger partial charge in [0.05, 0.1) is 30.5 Å². The molecule has 4 saturated heterocycles. The highest BCUT2D eigenvalue weighted by Crippen LogP contribution is 2.40. The number of aliphatic hydroxyl groups is 1. The van der Waals surface area contributed by atoms with E-state index in [1.807, 2.05) is 18.2 Å². The fourth-order valence-electron chi connectivity index (χ4n) is 15.8. The molecule has 100 heavy (non-hydrogen) atoms. The zero-order valence-electron chi connectivity index (χ0n) is 56.8. The molecular formula is C67H104F2N16O13S2. The molecule has 33 heteroatoms. The number of fused-ring (bicyclic) bond motifs is 5. The van der Waals surface area contributed by atoms with E-state index in [0.717, 1.165) is 0 Å². The lowest BCUT2D eigenvalue weighted by Crippen LogP contribution is -2.61. The molecule has 556 valence electrons. The highest BCUT2D eigenvalue weighted by Gasteiger charge is 2.47. The number of carboxylic acid groups (broad SMARTS) is 1. The lowest BCUT2D eigenvalue weighted by atomic mass is 9.76. The molecule has 7 fully saturated rings. The summed E-state index contributed by atoms with van der Waals surface area (Å²) in [5.41, 5.74) is 13.1. The van der Waals surface area contributed by atoms with Crippen LogP contribution in [0.5, 0.6) is 0 Å². The number of unbranched alkanes of at least 4 members (excludes halogenated alkanes) is 1. The molecule has 1 aromatic rings. The van der Waals surface area contributed by atoms with Crippen molar-refractivity contribution in [2.24, 2.45) is 41.1 Å². The van der Waals surface area contributed by atoms with Gasteiger partial charge in [-0.3, -0.25) is 57.7 Å². The molecule has 3 aliphatic carbocycles. The molecule has 6 heterocycles. The Balaban J connectivity index is 1.02. The van der Waals surface area contributed by atoms with Crippen molar-refractivity contribution < 1.29 is 71.7 Å². The topological polar surface area (TPSA) is 441 Å². The van der Waals surface area contributed by atoms with Gasteiger partial charge in [0, 0.05) is 67.3 Å². The molecule has 0 spiro atoms. The van der Waals surface area contributed by atoms with Crippen LogP contribution < -0.4 is 75.3 Å². The Morgan fingerprint density at radius 1 is 0.620 bits per heavy atom. The van der Waals surface area contributed by atoms with Gasteiger partial charge in [-0.2, -0.15) is 23.5 Å². The Kier molecular flexibility index (Phi) is 29.7. The Morgan fingerprint density at radius 3 is 1.82 bits per heavy atom. The number of primary amides is 1. The molecule has 18 N–H and O–H groups in total. The summed E-state index contributed by atoms with van der Waals surface area (Å²) in [7, 11) is 0. The lowest BCUT2D eigenvalue weighted by Gasteiger charge is -2.34. The molecule has 8 aliphatic rings. The van der Waals surface area contributed by atoms with Crippen LogP contribution in [0, 0.1) is 29.6 Å². The van der Waals surface area contributed by atoms with Gasteiger partial charge in [0.1, 0.15) is 60.7 Å². The number of hydrogen-bond acceptors (Lipinski definition) is 20. The number of carboxylic acids is 1. The smallest absolute Gasteiger partial charge is 0.305 e. The van der Waals surface area contributed by atoms with Crippen LogP contribution in [0.3, 0.4) is 0 Å². The Morgan fingerprint density at radius 2 is 1.21 bits per heavy atom. The monoisotopic (exact) mass is 1440 g/mol. The van der Waals surface area contributed by atoms with Crippen molar-refractivity contribution in [1.29, 1.82) is 0 Å². The number of aliphatic carboxylic acids is 1. The van der Waals surface area contributed by atoms with Gasteiger partial charge in [0.25, 0.3) is 0 Å². The van der Waals surface area contributed by atoms with E-state index in [0.29, 0.717) is 132 Å². The SMILES string of the molecule is NCCCC[C@@H]1NC(=O)CCSCc2cccc(n2)CSC[C@@H](C(N)=O)NC(=O)[C@@H]2CCCN2C(=O)[C@H](CC2CCC(O)CC2)NC(=O)[C@H](CC2CNCN2)NC(=O)[C@H](CC(=O)O)NC(=O)[C@H](CC2CNC3CCC(F)CC23)NC(=O)[C@H](CC2CNC3CCC(F)CC23)NC(=O)CNC1=O. The lowest BCUT2D eigenvalue weighted by molar-refractivity contribution is -0.143. The van der Waals surface area contributed by atoms with Crippen LogP contribution in [-0.4, -0.2) is 227 Å². The van der Waals surface area contributed by atoms with Crippen LogP contribution in [0.1, 0.15) is 146 Å². The fourth-order valence-corrected chi connectivity index (χ4v) is 17.6. The van der Waals surface area contributed by atoms with Gasteiger partial charge >= 0.3 is 5.97 Å². The van der Waals surface area contributed by atoms with Crippen molar-refractivity contribution in [3.8, 4) is 0 Å². The van der Waals surface area contributed by atoms with E-state index >= 15 is 28.0 Å². The summed E-state index contributed by atoms with van der Waals surface area (Å²) in [4.78, 5) is 163. The third-order valence-corrected chi connectivity index (χ3v) is 23.3. The van der Waals surface area contributed by atoms with E-state index in [2.05, 4.69) is 63.8 Å². The minimum atomic E-state index is -1.90. The number of thioether (sulfide) groups is 2. The molecule has 10 amide bonds. The fraction of sp³-hybridized carbons (Fsp3) is 0.761. The highest BCUT2D eigenvalue weighted by atomic mass is 32.2. The average molecular weight is 1440 g/mol. The molecule has 1 aromatic heterocycles. The number of hydrogen-bond donors (Lipinski definition) is 16. The predicted molar refractivity (Wildman–Crippen MR) is 368 cm³/mol. The van der Waals surface area contributed by atoms with Crippen molar-refractivity contribution >= 4 is 88.6 Å². The van der Waals surface area contributed by atoms with Gasteiger partial charge in [-0.25, -0.2) is 8.78 Å². The normalized spacial score (nSPS) is 34.9. The van der Waals surface area contributed by atoms with Gasteiger partial charge in [-0.1, -0.05) is 6.07 Å². The maximum absolute atomic E-state index is 15.3. The highest BCUT2D eigenvalue weighted by molar-refractivity contribution is 7.98. The molecule has 5 aliphatic heterocycles. The molecule has 0 radical (unpaired) electrons. The standard InChI is InChI=1S/C67H104F2N16O13S2/c68-39-11-15-47-45(24-39)37(28-73-47)22-50-62(93)80-51(23-38-29-74-48-16-12-40(69)25-46(38)48)63(94)82-53(27-59(89)90)65(96)81-52(26-43-30-72-35-76-43)64(95)83-54(21-36-9-13-44(86)14-10-36)67(98)85-19-4-8-56(85)66(97)84-55(60(71)91)34-100-33-42-6-3-5-41(77-42)32-99-20-17-57(87)78-49(7-1-2-18-70)61(92)75-31-58(88)79-50/h3,5-6,36-40,43-56,72-74,76,86H,1-2,4,7-35,70H2,(H2,71,91)(H,75,92)(H,78,87)(H,79,88)(H,80,93)(H,81,96)(H,82,94)(H,83,95)(H,84,97)(H,89,90)/t36?,37?,38?,39?,40?,43?,44?,45?,46?,47?,48?,49-,50-,51-,52-,53-,54-,55-,56-/m0/s1. The number of aliphatic hydroxyl groups excluding tert-OH is 1. The number of amides is 10. The Hall–Kier alpha value is -6.36. The number of nitrogens with zero attached hydrogens (tertiary/aromatic N) is 2. The second kappa shape index (κ2) is 38.2. The summed E-state index contributed by atoms with van der Waals surface area (Å²) >= 11 is 2.74. The van der Waals surface area contributed by atoms with Crippen molar-refractivity contribution in [2.45, 2.75) is 231 Å². The quantitative estimate of drug-likeness (QED) is 0.0900. The first kappa shape index (κ1) is 77.8. The summed E-state index contributed by atoms with van der Waals surface area (Å²) < 4.78 is 30.4. The summed E-state index contributed by atoms with van der Waals surface area (Å²) in [5, 5.41) is 56.0. The molecule has 29 nitrogen and oxygen atoms in total. The number of carbonyl (C=O) groups is 11. The second-order valence-electron chi connectivity index (χ2n) is 28.5. The largest absolute Gasteiger partial charge is 0.481 e. The maximum atomic E-state index is 15.3. The second-order valence-corrected chi connectivity index (χ2v) is 30.7. The number of nitrogens with two attached hydrogens (primary N) is 2. The number of alkyl halides is 2. The van der Waals surface area contributed by atoms with Crippen LogP contribution in [0.4, 0.5) is 8.78 Å². The molecule has 0 aromatic carbocycles. The third-order valence-electron chi connectivity index (χ3n) is 21.2. The summed E-state index contributed by atoms with van der Waals surface area (Å²) in [6.07, 6.45) is 1.79. The number of halogens is 2. The molecule has 3 saturated carbocycles. The number of carbonyl (C=O) groups excluding carboxylic acids is 10. The van der Waals surface area contributed by atoms with E-state index in [4.69, 9.17) is 16.5 Å².